The number of hydrogen-bond acceptors (Lipinski definition) is 6. The maximum Gasteiger partial charge on any atom is 0.269 e. The second-order valence-corrected chi connectivity index (χ2v) is 6.55. The molecule has 0 spiro atoms. The van der Waals surface area contributed by atoms with Gasteiger partial charge in [0, 0.05) is 30.0 Å². The van der Waals surface area contributed by atoms with Gasteiger partial charge in [-0.15, -0.1) is 0 Å². The molecule has 1 heterocycles. The predicted octanol–water partition coefficient (Wildman–Crippen LogP) is 2.54. The number of fused-ring (bicyclic) bond motifs is 1. The number of aromatic nitrogens is 1. The van der Waals surface area contributed by atoms with Gasteiger partial charge in [0.25, 0.3) is 5.69 Å². The van der Waals surface area contributed by atoms with E-state index in [1.165, 1.54) is 19.1 Å². The van der Waals surface area contributed by atoms with E-state index in [-0.39, 0.29) is 17.9 Å². The van der Waals surface area contributed by atoms with Gasteiger partial charge >= 0.3 is 0 Å². The third-order valence-corrected chi connectivity index (χ3v) is 4.72. The van der Waals surface area contributed by atoms with Gasteiger partial charge < -0.3 is 9.63 Å². The Kier molecular flexibility index (Phi) is 3.76. The van der Waals surface area contributed by atoms with Gasteiger partial charge in [0.2, 0.25) is 0 Å². The number of nitrogens with zero attached hydrogens (tertiary/aromatic N) is 2. The minimum atomic E-state index is -1.27. The van der Waals surface area contributed by atoms with Gasteiger partial charge in [0.05, 0.1) is 22.1 Å². The zero-order chi connectivity index (χ0) is 17.6. The maximum absolute atomic E-state index is 12.3. The van der Waals surface area contributed by atoms with Crippen LogP contribution in [0.3, 0.4) is 0 Å². The summed E-state index contributed by atoms with van der Waals surface area (Å²) < 4.78 is 5.27. The minimum absolute atomic E-state index is 0.0250. The molecule has 126 valence electrons. The summed E-state index contributed by atoms with van der Waals surface area (Å²) in [6, 6.07) is 6.05. The van der Waals surface area contributed by atoms with E-state index in [0.717, 1.165) is 5.56 Å². The highest BCUT2D eigenvalue weighted by Crippen LogP contribution is 2.47. The van der Waals surface area contributed by atoms with Crippen LogP contribution in [0, 0.1) is 23.0 Å². The lowest BCUT2D eigenvalue weighted by Crippen LogP contribution is -2.48. The number of nitro benzene ring substituents is 1. The van der Waals surface area contributed by atoms with Gasteiger partial charge in [-0.3, -0.25) is 14.9 Å². The molecule has 0 fully saturated rings. The quantitative estimate of drug-likeness (QED) is 0.684. The van der Waals surface area contributed by atoms with Crippen molar-refractivity contribution in [2.24, 2.45) is 5.92 Å². The van der Waals surface area contributed by atoms with Crippen LogP contribution in [0.25, 0.3) is 0 Å². The SMILES string of the molecule is CC(=O)[C@@H]1[C@@H](c2ccc([N+](=O)[O-])cc2)c2c(noc2C)C[C@]1(C)O. The highest BCUT2D eigenvalue weighted by atomic mass is 16.6. The number of carbonyl (C=O) groups is 1. The summed E-state index contributed by atoms with van der Waals surface area (Å²) in [5.41, 5.74) is 0.833. The zero-order valence-corrected chi connectivity index (χ0v) is 13.6. The van der Waals surface area contributed by atoms with Gasteiger partial charge in [-0.1, -0.05) is 17.3 Å². The summed E-state index contributed by atoms with van der Waals surface area (Å²) in [6.07, 6.45) is 0.230. The van der Waals surface area contributed by atoms with E-state index in [1.54, 1.807) is 26.0 Å². The molecule has 7 heteroatoms. The topological polar surface area (TPSA) is 106 Å². The first-order chi connectivity index (χ1) is 11.2. The van der Waals surface area contributed by atoms with Crippen LogP contribution in [0.15, 0.2) is 28.8 Å². The summed E-state index contributed by atoms with van der Waals surface area (Å²) in [5.74, 6) is -0.678. The van der Waals surface area contributed by atoms with E-state index in [9.17, 15) is 20.0 Å². The Morgan fingerprint density at radius 1 is 1.42 bits per heavy atom. The number of aliphatic hydroxyl groups is 1. The van der Waals surface area contributed by atoms with Gasteiger partial charge in [-0.05, 0) is 26.3 Å². The van der Waals surface area contributed by atoms with Crippen LogP contribution in [0.1, 0.15) is 42.3 Å². The van der Waals surface area contributed by atoms with Crippen LogP contribution in [0.2, 0.25) is 0 Å². The monoisotopic (exact) mass is 330 g/mol. The number of Topliss-reactive ketones (excluding diaryl/α,β-unsaturated/α-hetero) is 1. The Morgan fingerprint density at radius 2 is 2.04 bits per heavy atom. The van der Waals surface area contributed by atoms with E-state index in [0.29, 0.717) is 17.0 Å². The number of aryl methyl sites for hydroxylation is 1. The lowest BCUT2D eigenvalue weighted by molar-refractivity contribution is -0.384. The molecule has 24 heavy (non-hydrogen) atoms. The third kappa shape index (κ3) is 2.50. The highest BCUT2D eigenvalue weighted by Gasteiger charge is 2.49. The predicted molar refractivity (Wildman–Crippen MR) is 84.7 cm³/mol. The molecule has 1 aliphatic rings. The molecule has 3 rings (SSSR count). The fraction of sp³-hybridized carbons (Fsp3) is 0.412. The van der Waals surface area contributed by atoms with Crippen molar-refractivity contribution < 1.29 is 19.3 Å². The molecule has 0 bridgehead atoms. The van der Waals surface area contributed by atoms with Crippen molar-refractivity contribution in [3.8, 4) is 0 Å². The second-order valence-electron chi connectivity index (χ2n) is 6.55. The fourth-order valence-electron chi connectivity index (χ4n) is 3.76. The molecule has 1 aromatic carbocycles. The first kappa shape index (κ1) is 16.3. The van der Waals surface area contributed by atoms with Crippen molar-refractivity contribution in [1.29, 1.82) is 0 Å². The number of ketones is 1. The van der Waals surface area contributed by atoms with E-state index < -0.39 is 22.4 Å². The van der Waals surface area contributed by atoms with Crippen molar-refractivity contribution in [1.82, 2.24) is 5.16 Å². The van der Waals surface area contributed by atoms with Crippen LogP contribution in [-0.2, 0) is 11.2 Å². The van der Waals surface area contributed by atoms with Crippen LogP contribution in [-0.4, -0.2) is 26.6 Å². The van der Waals surface area contributed by atoms with Gasteiger partial charge in [-0.25, -0.2) is 0 Å². The molecule has 0 aliphatic heterocycles. The first-order valence-corrected chi connectivity index (χ1v) is 7.64. The Bertz CT molecular complexity index is 807. The van der Waals surface area contributed by atoms with Gasteiger partial charge in [0.15, 0.2) is 0 Å². The lowest BCUT2D eigenvalue weighted by Gasteiger charge is -2.40. The molecule has 0 radical (unpaired) electrons. The van der Waals surface area contributed by atoms with Gasteiger partial charge in [-0.2, -0.15) is 0 Å². The van der Waals surface area contributed by atoms with Crippen LogP contribution < -0.4 is 0 Å². The van der Waals surface area contributed by atoms with Crippen LogP contribution in [0.5, 0.6) is 0 Å². The minimum Gasteiger partial charge on any atom is -0.389 e. The highest BCUT2D eigenvalue weighted by molar-refractivity contribution is 5.82. The molecule has 1 N–H and O–H groups in total. The second kappa shape index (κ2) is 5.52. The molecular formula is C17H18N2O5. The number of carbonyl (C=O) groups excluding carboxylic acids is 1. The van der Waals surface area contributed by atoms with Crippen LogP contribution in [0.4, 0.5) is 5.69 Å². The molecule has 7 nitrogen and oxygen atoms in total. The summed E-state index contributed by atoms with van der Waals surface area (Å²) in [7, 11) is 0. The Morgan fingerprint density at radius 3 is 2.58 bits per heavy atom. The summed E-state index contributed by atoms with van der Waals surface area (Å²) in [6.45, 7) is 4.83. The average Bonchev–Trinajstić information content (AvgIpc) is 2.85. The molecule has 0 saturated heterocycles. The Balaban J connectivity index is 2.18. The summed E-state index contributed by atoms with van der Waals surface area (Å²) in [5, 5.41) is 25.7. The number of nitro groups is 1. The van der Waals surface area contributed by atoms with Crippen molar-refractivity contribution in [2.75, 3.05) is 0 Å². The summed E-state index contributed by atoms with van der Waals surface area (Å²) >= 11 is 0. The van der Waals surface area contributed by atoms with E-state index in [2.05, 4.69) is 5.16 Å². The number of rotatable bonds is 3. The fourth-order valence-corrected chi connectivity index (χ4v) is 3.76. The average molecular weight is 330 g/mol. The lowest BCUT2D eigenvalue weighted by atomic mass is 9.64. The van der Waals surface area contributed by atoms with E-state index in [4.69, 9.17) is 4.52 Å². The number of non-ortho nitro benzene ring substituents is 1. The molecule has 1 aliphatic carbocycles. The first-order valence-electron chi connectivity index (χ1n) is 7.64. The third-order valence-electron chi connectivity index (χ3n) is 4.72. The van der Waals surface area contributed by atoms with Crippen molar-refractivity contribution >= 4 is 11.5 Å². The molecule has 0 saturated carbocycles. The number of benzene rings is 1. The molecular weight excluding hydrogens is 312 g/mol. The van der Waals surface area contributed by atoms with E-state index >= 15 is 0 Å². The number of hydrogen-bond donors (Lipinski definition) is 1. The van der Waals surface area contributed by atoms with Crippen molar-refractivity contribution in [2.45, 2.75) is 38.7 Å². The molecule has 3 atom stereocenters. The molecule has 0 amide bonds. The molecule has 0 unspecified atom stereocenters. The van der Waals surface area contributed by atoms with E-state index in [1.807, 2.05) is 0 Å². The Labute approximate surface area is 138 Å². The van der Waals surface area contributed by atoms with Crippen molar-refractivity contribution in [3.05, 3.63) is 57.0 Å². The standard InChI is InChI=1S/C17H18N2O5/c1-9(20)16-15(11-4-6-12(7-5-11)19(22)23)14-10(2)24-18-13(14)8-17(16,3)21/h4-7,15-16,21H,8H2,1-3H3/t15-,16+,17-/m0/s1. The smallest absolute Gasteiger partial charge is 0.269 e. The Hall–Kier alpha value is -2.54. The maximum atomic E-state index is 12.3. The van der Waals surface area contributed by atoms with Crippen LogP contribution >= 0.6 is 0 Å². The van der Waals surface area contributed by atoms with Crippen molar-refractivity contribution in [3.63, 3.8) is 0 Å². The normalized spacial score (nSPS) is 26.0. The zero-order valence-electron chi connectivity index (χ0n) is 13.6. The summed E-state index contributed by atoms with van der Waals surface area (Å²) in [4.78, 5) is 22.7. The molecule has 1 aromatic heterocycles. The van der Waals surface area contributed by atoms with Gasteiger partial charge in [0.1, 0.15) is 11.5 Å². The largest absolute Gasteiger partial charge is 0.389 e. The molecule has 2 aromatic rings.